The van der Waals surface area contributed by atoms with Gasteiger partial charge in [0, 0.05) is 29.5 Å². The number of carbonyl (C=O) groups excluding carboxylic acids is 1. The summed E-state index contributed by atoms with van der Waals surface area (Å²) in [5.74, 6) is -0.868. The van der Waals surface area contributed by atoms with Crippen molar-refractivity contribution in [3.8, 4) is 0 Å². The van der Waals surface area contributed by atoms with Gasteiger partial charge in [0.2, 0.25) is 5.60 Å². The second-order valence-electron chi connectivity index (χ2n) is 8.67. The highest BCUT2D eigenvalue weighted by Crippen LogP contribution is 2.48. The number of fused-ring (bicyclic) bond motifs is 1. The molecule has 1 amide bonds. The summed E-state index contributed by atoms with van der Waals surface area (Å²) < 4.78 is 105. The third-order valence-corrected chi connectivity index (χ3v) is 6.87. The van der Waals surface area contributed by atoms with E-state index >= 15 is 0 Å². The molecule has 0 saturated heterocycles. The lowest BCUT2D eigenvalue weighted by molar-refractivity contribution is -0.269. The number of sulfone groups is 1. The van der Waals surface area contributed by atoms with Crippen molar-refractivity contribution in [2.75, 3.05) is 18.6 Å². The van der Waals surface area contributed by atoms with Gasteiger partial charge in [-0.3, -0.25) is 15.1 Å². The molecular weight excluding hydrogens is 538 g/mol. The molecule has 1 aliphatic heterocycles. The average molecular weight is 559 g/mol. The monoisotopic (exact) mass is 558 g/mol. The molecule has 1 unspecified atom stereocenters. The minimum atomic E-state index is -5.14. The van der Waals surface area contributed by atoms with Crippen LogP contribution in [0.5, 0.6) is 0 Å². The van der Waals surface area contributed by atoms with Crippen LogP contribution in [0.25, 0.3) is 16.5 Å². The van der Waals surface area contributed by atoms with E-state index in [4.69, 9.17) is 4.84 Å². The number of nitrogens with one attached hydrogen (secondary N) is 2. The lowest BCUT2D eigenvalue weighted by Crippen LogP contribution is -2.42. The highest BCUT2D eigenvalue weighted by atomic mass is 32.2. The van der Waals surface area contributed by atoms with Crippen LogP contribution in [0.4, 0.5) is 26.3 Å². The topological polar surface area (TPSA) is 84.5 Å². The van der Waals surface area contributed by atoms with Crippen molar-refractivity contribution in [2.24, 2.45) is 0 Å². The van der Waals surface area contributed by atoms with Crippen LogP contribution in [-0.4, -0.2) is 39.1 Å². The maximum atomic E-state index is 14.3. The third-order valence-electron chi connectivity index (χ3n) is 5.93. The summed E-state index contributed by atoms with van der Waals surface area (Å²) in [4.78, 5) is 17.7. The minimum absolute atomic E-state index is 0.139. The fraction of sp³-hybridized carbons (Fsp3) is 0.240. The third kappa shape index (κ3) is 5.34. The maximum absolute atomic E-state index is 14.3. The lowest BCUT2D eigenvalue weighted by atomic mass is 9.89. The first-order valence-electron chi connectivity index (χ1n) is 11.0. The van der Waals surface area contributed by atoms with Gasteiger partial charge < -0.3 is 5.32 Å². The van der Waals surface area contributed by atoms with Gasteiger partial charge in [0.1, 0.15) is 9.84 Å². The van der Waals surface area contributed by atoms with E-state index in [9.17, 15) is 39.6 Å². The van der Waals surface area contributed by atoms with E-state index in [-0.39, 0.29) is 29.1 Å². The highest BCUT2D eigenvalue weighted by molar-refractivity contribution is 7.90. The number of benzene rings is 3. The van der Waals surface area contributed by atoms with Crippen molar-refractivity contribution in [1.82, 2.24) is 10.8 Å². The molecule has 13 heteroatoms. The Balaban J connectivity index is 1.78. The van der Waals surface area contributed by atoms with Crippen molar-refractivity contribution >= 4 is 32.2 Å². The molecule has 1 aliphatic rings. The first kappa shape index (κ1) is 27.5. The molecule has 3 aromatic carbocycles. The molecule has 38 heavy (non-hydrogen) atoms. The standard InChI is InChI=1S/C25H20F6N2O4S/c1-38(35,36)12-11-32-22(34)20-10-9-19(17-7-2-3-8-18(17)20)21-14-23(37-33-21,25(29,30)31)15-5-4-6-16(13-15)24(26,27)28/h2-10,13-14,33H,11-12H2,1H3,(H,32,34). The van der Waals surface area contributed by atoms with Gasteiger partial charge in [-0.25, -0.2) is 8.42 Å². The van der Waals surface area contributed by atoms with E-state index < -0.39 is 44.8 Å². The molecule has 0 bridgehead atoms. The van der Waals surface area contributed by atoms with Gasteiger partial charge in [0.15, 0.2) is 0 Å². The van der Waals surface area contributed by atoms with E-state index in [2.05, 4.69) is 10.8 Å². The summed E-state index contributed by atoms with van der Waals surface area (Å²) in [6.07, 6.45) is -8.32. The molecule has 202 valence electrons. The molecule has 0 spiro atoms. The van der Waals surface area contributed by atoms with E-state index in [1.807, 2.05) is 0 Å². The second-order valence-corrected chi connectivity index (χ2v) is 10.9. The summed E-state index contributed by atoms with van der Waals surface area (Å²) in [6, 6.07) is 11.8. The van der Waals surface area contributed by atoms with Crippen molar-refractivity contribution in [1.29, 1.82) is 0 Å². The van der Waals surface area contributed by atoms with Crippen LogP contribution in [0, 0.1) is 0 Å². The van der Waals surface area contributed by atoms with Gasteiger partial charge >= 0.3 is 12.4 Å². The highest BCUT2D eigenvalue weighted by Gasteiger charge is 2.60. The number of alkyl halides is 6. The summed E-state index contributed by atoms with van der Waals surface area (Å²) in [7, 11) is -3.32. The Labute approximate surface area is 213 Å². The van der Waals surface area contributed by atoms with Crippen LogP contribution < -0.4 is 10.8 Å². The van der Waals surface area contributed by atoms with Crippen molar-refractivity contribution in [3.05, 3.63) is 89.0 Å². The van der Waals surface area contributed by atoms with Crippen LogP contribution >= 0.6 is 0 Å². The number of hydrogen-bond donors (Lipinski definition) is 2. The van der Waals surface area contributed by atoms with Gasteiger partial charge in [-0.15, -0.1) is 0 Å². The largest absolute Gasteiger partial charge is 0.428 e. The SMILES string of the molecule is CS(=O)(=O)CCNC(=O)c1ccc(C2=CC(c3cccc(C(F)(F)F)c3)(C(F)(F)F)ON2)c2ccccc12. The number of halogens is 6. The molecule has 6 nitrogen and oxygen atoms in total. The number of hydroxylamine groups is 1. The first-order chi connectivity index (χ1) is 17.6. The Kier molecular flexibility index (Phi) is 6.95. The Morgan fingerprint density at radius 3 is 2.29 bits per heavy atom. The van der Waals surface area contributed by atoms with Crippen LogP contribution in [0.3, 0.4) is 0 Å². The van der Waals surface area contributed by atoms with Gasteiger partial charge in [-0.2, -0.15) is 26.3 Å². The molecule has 2 N–H and O–H groups in total. The van der Waals surface area contributed by atoms with Gasteiger partial charge in [0.25, 0.3) is 5.91 Å². The number of carbonyl (C=O) groups is 1. The molecular formula is C25H20F6N2O4S. The molecule has 3 aromatic rings. The van der Waals surface area contributed by atoms with E-state index in [1.54, 1.807) is 24.3 Å². The second kappa shape index (κ2) is 9.62. The van der Waals surface area contributed by atoms with Gasteiger partial charge in [-0.1, -0.05) is 42.5 Å². The number of amides is 1. The number of rotatable bonds is 6. The lowest BCUT2D eigenvalue weighted by Gasteiger charge is -2.29. The molecule has 0 fully saturated rings. The molecule has 0 aromatic heterocycles. The van der Waals surface area contributed by atoms with Crippen LogP contribution in [-0.2, 0) is 26.5 Å². The Morgan fingerprint density at radius 2 is 1.66 bits per heavy atom. The van der Waals surface area contributed by atoms with Crippen LogP contribution in [0.15, 0.2) is 66.7 Å². The molecule has 1 atom stereocenters. The zero-order valence-corrected chi connectivity index (χ0v) is 20.4. The Bertz CT molecular complexity index is 1530. The zero-order chi connectivity index (χ0) is 27.9. The predicted octanol–water partition coefficient (Wildman–Crippen LogP) is 4.97. The minimum Gasteiger partial charge on any atom is -0.351 e. The summed E-state index contributed by atoms with van der Waals surface area (Å²) in [5, 5.41) is 3.20. The Hall–Kier alpha value is -3.58. The van der Waals surface area contributed by atoms with Gasteiger partial charge in [-0.05, 0) is 35.0 Å². The van der Waals surface area contributed by atoms with Crippen LogP contribution in [0.2, 0.25) is 0 Å². The van der Waals surface area contributed by atoms with Crippen LogP contribution in [0.1, 0.15) is 27.0 Å². The predicted molar refractivity (Wildman–Crippen MR) is 127 cm³/mol. The molecule has 0 saturated carbocycles. The smallest absolute Gasteiger partial charge is 0.351 e. The first-order valence-corrected chi connectivity index (χ1v) is 13.1. The summed E-state index contributed by atoms with van der Waals surface area (Å²) >= 11 is 0. The van der Waals surface area contributed by atoms with E-state index in [0.29, 0.717) is 29.0 Å². The van der Waals surface area contributed by atoms with E-state index in [1.165, 1.54) is 12.1 Å². The molecule has 0 radical (unpaired) electrons. The fourth-order valence-electron chi connectivity index (χ4n) is 4.08. The average Bonchev–Trinajstić information content (AvgIpc) is 3.29. The van der Waals surface area contributed by atoms with Crippen molar-refractivity contribution in [2.45, 2.75) is 18.0 Å². The summed E-state index contributed by atoms with van der Waals surface area (Å²) in [5.41, 5.74) is -2.85. The maximum Gasteiger partial charge on any atom is 0.428 e. The molecule has 1 heterocycles. The number of hydrogen-bond acceptors (Lipinski definition) is 5. The Morgan fingerprint density at radius 1 is 0.974 bits per heavy atom. The normalized spacial score (nSPS) is 18.2. The summed E-state index contributed by atoms with van der Waals surface area (Å²) in [6.45, 7) is -0.139. The fourth-order valence-corrected chi connectivity index (χ4v) is 4.55. The molecule has 4 rings (SSSR count). The molecule has 0 aliphatic carbocycles. The zero-order valence-electron chi connectivity index (χ0n) is 19.6. The quantitative estimate of drug-likeness (QED) is 0.418. The van der Waals surface area contributed by atoms with E-state index in [0.717, 1.165) is 18.4 Å². The van der Waals surface area contributed by atoms with Crippen molar-refractivity contribution in [3.63, 3.8) is 0 Å². The van der Waals surface area contributed by atoms with Gasteiger partial charge in [0.05, 0.1) is 17.0 Å². The van der Waals surface area contributed by atoms with Crippen molar-refractivity contribution < 1.29 is 44.4 Å².